The first-order valence-corrected chi connectivity index (χ1v) is 8.07. The number of nitro groups is 1. The SMILES string of the molecule is CN(CCCNC(=O)Cn1cnc([N+](=O)[O-])n1)C1CCCCC1. The van der Waals surface area contributed by atoms with Gasteiger partial charge in [-0.1, -0.05) is 24.2 Å². The number of carbonyl (C=O) groups excluding carboxylic acids is 1. The van der Waals surface area contributed by atoms with E-state index in [0.717, 1.165) is 13.0 Å². The van der Waals surface area contributed by atoms with Gasteiger partial charge in [0.2, 0.25) is 12.2 Å². The van der Waals surface area contributed by atoms with Crippen molar-refractivity contribution < 1.29 is 9.72 Å². The van der Waals surface area contributed by atoms with E-state index in [4.69, 9.17) is 0 Å². The van der Waals surface area contributed by atoms with Crippen molar-refractivity contribution in [1.29, 1.82) is 0 Å². The molecule has 0 unspecified atom stereocenters. The van der Waals surface area contributed by atoms with Gasteiger partial charge in [0.1, 0.15) is 6.54 Å². The van der Waals surface area contributed by atoms with Crippen LogP contribution in [0.4, 0.5) is 5.95 Å². The number of aromatic nitrogens is 3. The van der Waals surface area contributed by atoms with Gasteiger partial charge in [0.15, 0.2) is 0 Å². The van der Waals surface area contributed by atoms with Gasteiger partial charge in [-0.25, -0.2) is 0 Å². The van der Waals surface area contributed by atoms with Gasteiger partial charge in [-0.15, -0.1) is 0 Å². The predicted molar refractivity (Wildman–Crippen MR) is 83.8 cm³/mol. The average Bonchev–Trinajstić information content (AvgIpc) is 3.01. The fourth-order valence-corrected chi connectivity index (χ4v) is 2.91. The molecule has 0 aliphatic heterocycles. The summed E-state index contributed by atoms with van der Waals surface area (Å²) in [5.41, 5.74) is 0. The third kappa shape index (κ3) is 5.59. The zero-order valence-electron chi connectivity index (χ0n) is 13.5. The van der Waals surface area contributed by atoms with Crippen LogP contribution in [0.5, 0.6) is 0 Å². The quantitative estimate of drug-likeness (QED) is 0.433. The Kier molecular flexibility index (Phi) is 6.45. The Morgan fingerprint density at radius 3 is 2.87 bits per heavy atom. The summed E-state index contributed by atoms with van der Waals surface area (Å²) >= 11 is 0. The van der Waals surface area contributed by atoms with Crippen LogP contribution >= 0.6 is 0 Å². The van der Waals surface area contributed by atoms with E-state index in [0.29, 0.717) is 12.6 Å². The lowest BCUT2D eigenvalue weighted by atomic mass is 9.94. The van der Waals surface area contributed by atoms with Crippen LogP contribution in [0.1, 0.15) is 38.5 Å². The van der Waals surface area contributed by atoms with Gasteiger partial charge in [-0.3, -0.25) is 4.79 Å². The lowest BCUT2D eigenvalue weighted by Gasteiger charge is -2.31. The molecular weight excluding hydrogens is 300 g/mol. The van der Waals surface area contributed by atoms with Crippen molar-refractivity contribution in [2.75, 3.05) is 20.1 Å². The summed E-state index contributed by atoms with van der Waals surface area (Å²) in [6, 6.07) is 0.676. The molecule has 9 heteroatoms. The van der Waals surface area contributed by atoms with Crippen LogP contribution in [-0.4, -0.2) is 56.7 Å². The Morgan fingerprint density at radius 1 is 1.48 bits per heavy atom. The summed E-state index contributed by atoms with van der Waals surface area (Å²) < 4.78 is 1.17. The van der Waals surface area contributed by atoms with Crippen molar-refractivity contribution in [1.82, 2.24) is 25.0 Å². The van der Waals surface area contributed by atoms with E-state index in [1.54, 1.807) is 0 Å². The van der Waals surface area contributed by atoms with Crippen LogP contribution in [0.2, 0.25) is 0 Å². The molecule has 1 amide bonds. The fourth-order valence-electron chi connectivity index (χ4n) is 2.91. The van der Waals surface area contributed by atoms with E-state index in [1.807, 2.05) is 0 Å². The predicted octanol–water partition coefficient (Wildman–Crippen LogP) is 0.957. The van der Waals surface area contributed by atoms with Crippen molar-refractivity contribution in [2.24, 2.45) is 0 Å². The van der Waals surface area contributed by atoms with Crippen molar-refractivity contribution in [2.45, 2.75) is 51.1 Å². The molecule has 2 rings (SSSR count). The van der Waals surface area contributed by atoms with E-state index in [-0.39, 0.29) is 12.5 Å². The maximum Gasteiger partial charge on any atom is 0.490 e. The number of rotatable bonds is 8. The molecular formula is C14H24N6O3. The molecule has 1 saturated carbocycles. The third-order valence-corrected chi connectivity index (χ3v) is 4.20. The summed E-state index contributed by atoms with van der Waals surface area (Å²) in [6.07, 6.45) is 8.60. The third-order valence-electron chi connectivity index (χ3n) is 4.20. The maximum atomic E-state index is 11.8. The first kappa shape index (κ1) is 17.3. The lowest BCUT2D eigenvalue weighted by Crippen LogP contribution is -2.36. The summed E-state index contributed by atoms with van der Waals surface area (Å²) in [4.78, 5) is 27.4. The van der Waals surface area contributed by atoms with Crippen LogP contribution in [0, 0.1) is 10.1 Å². The Bertz CT molecular complexity index is 526. The van der Waals surface area contributed by atoms with Gasteiger partial charge >= 0.3 is 5.95 Å². The Hall–Kier alpha value is -2.03. The largest absolute Gasteiger partial charge is 0.490 e. The van der Waals surface area contributed by atoms with E-state index in [9.17, 15) is 14.9 Å². The molecule has 0 aromatic carbocycles. The minimum atomic E-state index is -0.685. The second-order valence-electron chi connectivity index (χ2n) is 5.98. The molecule has 1 aromatic heterocycles. The molecule has 1 aromatic rings. The minimum Gasteiger partial charge on any atom is -0.390 e. The Morgan fingerprint density at radius 2 is 2.22 bits per heavy atom. The molecule has 0 radical (unpaired) electrons. The first-order chi connectivity index (χ1) is 11.1. The molecule has 9 nitrogen and oxygen atoms in total. The number of amides is 1. The van der Waals surface area contributed by atoms with Crippen LogP contribution in [0.25, 0.3) is 0 Å². The zero-order chi connectivity index (χ0) is 16.7. The number of hydrogen-bond acceptors (Lipinski definition) is 6. The van der Waals surface area contributed by atoms with Gasteiger partial charge < -0.3 is 20.3 Å². The summed E-state index contributed by atoms with van der Waals surface area (Å²) in [5.74, 6) is -0.711. The van der Waals surface area contributed by atoms with Crippen LogP contribution in [-0.2, 0) is 11.3 Å². The summed E-state index contributed by atoms with van der Waals surface area (Å²) in [5, 5.41) is 16.9. The van der Waals surface area contributed by atoms with Gasteiger partial charge in [0.25, 0.3) is 0 Å². The van der Waals surface area contributed by atoms with Crippen molar-refractivity contribution in [3.63, 3.8) is 0 Å². The van der Waals surface area contributed by atoms with Crippen molar-refractivity contribution in [3.05, 3.63) is 16.4 Å². The van der Waals surface area contributed by atoms with Gasteiger partial charge in [-0.2, -0.15) is 4.68 Å². The van der Waals surface area contributed by atoms with E-state index >= 15 is 0 Å². The zero-order valence-corrected chi connectivity index (χ0v) is 13.5. The fraction of sp³-hybridized carbons (Fsp3) is 0.786. The molecule has 128 valence electrons. The normalized spacial score (nSPS) is 15.7. The molecule has 23 heavy (non-hydrogen) atoms. The molecule has 1 N–H and O–H groups in total. The number of carbonyl (C=O) groups is 1. The van der Waals surface area contributed by atoms with E-state index in [2.05, 4.69) is 27.3 Å². The maximum absolute atomic E-state index is 11.8. The van der Waals surface area contributed by atoms with Crippen molar-refractivity contribution in [3.8, 4) is 0 Å². The minimum absolute atomic E-state index is 0.0562. The van der Waals surface area contributed by atoms with Gasteiger partial charge in [-0.05, 0) is 37.8 Å². The van der Waals surface area contributed by atoms with Gasteiger partial charge in [0, 0.05) is 17.7 Å². The standard InChI is InChI=1S/C14H24N6O3/c1-18(12-6-3-2-4-7-12)9-5-8-15-13(21)10-19-11-16-14(17-19)20(22)23/h11-12H,2-10H2,1H3,(H,15,21). The second kappa shape index (κ2) is 8.56. The molecule has 1 fully saturated rings. The average molecular weight is 324 g/mol. The smallest absolute Gasteiger partial charge is 0.390 e. The van der Waals surface area contributed by atoms with Crippen LogP contribution in [0.3, 0.4) is 0 Å². The highest BCUT2D eigenvalue weighted by atomic mass is 16.6. The second-order valence-corrected chi connectivity index (χ2v) is 5.98. The molecule has 0 atom stereocenters. The molecule has 0 saturated heterocycles. The number of nitrogens with one attached hydrogen (secondary N) is 1. The number of hydrogen-bond donors (Lipinski definition) is 1. The Labute approximate surface area is 135 Å². The summed E-state index contributed by atoms with van der Waals surface area (Å²) in [7, 11) is 2.15. The molecule has 1 heterocycles. The highest BCUT2D eigenvalue weighted by molar-refractivity contribution is 5.75. The van der Waals surface area contributed by atoms with E-state index in [1.165, 1.54) is 43.1 Å². The van der Waals surface area contributed by atoms with Gasteiger partial charge in [0.05, 0.1) is 0 Å². The molecule has 0 spiro atoms. The van der Waals surface area contributed by atoms with E-state index < -0.39 is 10.9 Å². The number of nitrogens with zero attached hydrogens (tertiary/aromatic N) is 5. The summed E-state index contributed by atoms with van der Waals surface area (Å²) in [6.45, 7) is 1.49. The first-order valence-electron chi connectivity index (χ1n) is 8.07. The molecule has 0 bridgehead atoms. The highest BCUT2D eigenvalue weighted by Crippen LogP contribution is 2.21. The van der Waals surface area contributed by atoms with Crippen molar-refractivity contribution >= 4 is 11.9 Å². The lowest BCUT2D eigenvalue weighted by molar-refractivity contribution is -0.394. The Balaban J connectivity index is 1.61. The topological polar surface area (TPSA) is 106 Å². The monoisotopic (exact) mass is 324 g/mol. The van der Waals surface area contributed by atoms with Crippen LogP contribution in [0.15, 0.2) is 6.33 Å². The van der Waals surface area contributed by atoms with Crippen LogP contribution < -0.4 is 5.32 Å². The highest BCUT2D eigenvalue weighted by Gasteiger charge is 2.18. The molecule has 1 aliphatic rings. The molecule has 1 aliphatic carbocycles.